The first-order valence-corrected chi connectivity index (χ1v) is 7.68. The number of rotatable bonds is 5. The second-order valence-electron chi connectivity index (χ2n) is 6.06. The van der Waals surface area contributed by atoms with E-state index in [0.29, 0.717) is 12.8 Å². The second kappa shape index (κ2) is 6.34. The summed E-state index contributed by atoms with van der Waals surface area (Å²) < 4.78 is 0. The molecule has 3 N–H and O–H groups in total. The fraction of sp³-hybridized carbons (Fsp3) is 0.562. The van der Waals surface area contributed by atoms with Crippen LogP contribution in [-0.4, -0.2) is 27.5 Å². The van der Waals surface area contributed by atoms with Gasteiger partial charge in [0.25, 0.3) is 11.5 Å². The van der Waals surface area contributed by atoms with E-state index in [2.05, 4.69) is 10.3 Å². The van der Waals surface area contributed by atoms with Crippen LogP contribution >= 0.6 is 0 Å². The van der Waals surface area contributed by atoms with Gasteiger partial charge in [0.15, 0.2) is 0 Å². The number of carbonyl (C=O) groups excluding carboxylic acids is 1. The Morgan fingerprint density at radius 3 is 2.68 bits per heavy atom. The Balaban J connectivity index is 2.29. The lowest BCUT2D eigenvalue weighted by Gasteiger charge is -2.26. The summed E-state index contributed by atoms with van der Waals surface area (Å²) in [7, 11) is 0. The molecule has 0 saturated carbocycles. The fourth-order valence-corrected chi connectivity index (χ4v) is 2.88. The van der Waals surface area contributed by atoms with E-state index in [4.69, 9.17) is 0 Å². The third-order valence-electron chi connectivity index (χ3n) is 4.19. The largest absolute Gasteiger partial charge is 0.480 e. The van der Waals surface area contributed by atoms with Gasteiger partial charge in [-0.25, -0.2) is 4.79 Å². The van der Waals surface area contributed by atoms with Crippen molar-refractivity contribution in [1.82, 2.24) is 10.3 Å². The first kappa shape index (κ1) is 16.3. The predicted octanol–water partition coefficient (Wildman–Crippen LogP) is 1.63. The molecule has 1 atom stereocenters. The van der Waals surface area contributed by atoms with Crippen LogP contribution < -0.4 is 10.9 Å². The monoisotopic (exact) mass is 306 g/mol. The van der Waals surface area contributed by atoms with Crippen LogP contribution in [0, 0.1) is 0 Å². The number of carboxylic acid groups (broad SMARTS) is 1. The molecule has 1 heterocycles. The highest BCUT2D eigenvalue weighted by atomic mass is 16.4. The molecule has 0 saturated heterocycles. The predicted molar refractivity (Wildman–Crippen MR) is 82.1 cm³/mol. The number of carbonyl (C=O) groups is 2. The molecule has 6 nitrogen and oxygen atoms in total. The maximum atomic E-state index is 12.4. The second-order valence-corrected chi connectivity index (χ2v) is 6.06. The molecule has 1 aliphatic carbocycles. The number of aromatic nitrogens is 1. The van der Waals surface area contributed by atoms with E-state index in [9.17, 15) is 19.5 Å². The van der Waals surface area contributed by atoms with Crippen LogP contribution in [0.5, 0.6) is 0 Å². The Morgan fingerprint density at radius 2 is 2.05 bits per heavy atom. The molecule has 0 bridgehead atoms. The minimum Gasteiger partial charge on any atom is -0.480 e. The first-order valence-electron chi connectivity index (χ1n) is 7.68. The van der Waals surface area contributed by atoms with E-state index in [1.165, 1.54) is 6.92 Å². The third kappa shape index (κ3) is 3.21. The van der Waals surface area contributed by atoms with Gasteiger partial charge in [0, 0.05) is 5.69 Å². The number of hydrogen-bond donors (Lipinski definition) is 3. The van der Waals surface area contributed by atoms with Crippen LogP contribution in [0.4, 0.5) is 0 Å². The summed E-state index contributed by atoms with van der Waals surface area (Å²) in [5.41, 5.74) is 0.0336. The summed E-state index contributed by atoms with van der Waals surface area (Å²) in [6.45, 7) is 3.31. The zero-order valence-electron chi connectivity index (χ0n) is 13.0. The zero-order chi connectivity index (χ0) is 16.3. The van der Waals surface area contributed by atoms with E-state index >= 15 is 0 Å². The SMILES string of the molecule is CCCC(C)(NC(=O)c1cc2c([nH]c1=O)CCCC2)C(=O)O. The highest BCUT2D eigenvalue weighted by Gasteiger charge is 2.34. The number of aromatic amines is 1. The summed E-state index contributed by atoms with van der Waals surface area (Å²) in [6.07, 6.45) is 4.62. The van der Waals surface area contributed by atoms with Crippen molar-refractivity contribution in [3.8, 4) is 0 Å². The quantitative estimate of drug-likeness (QED) is 0.769. The molecule has 1 aromatic rings. The number of fused-ring (bicyclic) bond motifs is 1. The van der Waals surface area contributed by atoms with E-state index in [1.54, 1.807) is 6.07 Å². The number of aliphatic carboxylic acids is 1. The average molecular weight is 306 g/mol. The number of nitrogens with one attached hydrogen (secondary N) is 2. The highest BCUT2D eigenvalue weighted by molar-refractivity contribution is 5.97. The van der Waals surface area contributed by atoms with Crippen molar-refractivity contribution >= 4 is 11.9 Å². The molecular formula is C16H22N2O4. The van der Waals surface area contributed by atoms with Gasteiger partial charge in [-0.15, -0.1) is 0 Å². The smallest absolute Gasteiger partial charge is 0.329 e. The van der Waals surface area contributed by atoms with Crippen molar-refractivity contribution in [2.75, 3.05) is 0 Å². The molecule has 0 aliphatic heterocycles. The molecule has 0 spiro atoms. The molecule has 0 fully saturated rings. The topological polar surface area (TPSA) is 99.3 Å². The van der Waals surface area contributed by atoms with Crippen molar-refractivity contribution in [1.29, 1.82) is 0 Å². The molecule has 0 aromatic carbocycles. The van der Waals surface area contributed by atoms with E-state index < -0.39 is 23.0 Å². The third-order valence-corrected chi connectivity index (χ3v) is 4.19. The van der Waals surface area contributed by atoms with Crippen molar-refractivity contribution in [2.24, 2.45) is 0 Å². The summed E-state index contributed by atoms with van der Waals surface area (Å²) in [4.78, 5) is 38.6. The van der Waals surface area contributed by atoms with Gasteiger partial charge in [0.2, 0.25) is 0 Å². The van der Waals surface area contributed by atoms with Gasteiger partial charge in [-0.05, 0) is 50.7 Å². The minimum absolute atomic E-state index is 0.00997. The van der Waals surface area contributed by atoms with Crippen LogP contribution in [0.25, 0.3) is 0 Å². The van der Waals surface area contributed by atoms with Crippen LogP contribution in [0.15, 0.2) is 10.9 Å². The van der Waals surface area contributed by atoms with Crippen molar-refractivity contribution < 1.29 is 14.7 Å². The Morgan fingerprint density at radius 1 is 1.36 bits per heavy atom. The number of hydrogen-bond acceptors (Lipinski definition) is 3. The molecule has 22 heavy (non-hydrogen) atoms. The summed E-state index contributed by atoms with van der Waals surface area (Å²) in [5, 5.41) is 11.8. The molecule has 0 radical (unpaired) electrons. The maximum Gasteiger partial charge on any atom is 0.329 e. The number of carboxylic acids is 1. The van der Waals surface area contributed by atoms with Gasteiger partial charge in [-0.2, -0.15) is 0 Å². The van der Waals surface area contributed by atoms with Gasteiger partial charge >= 0.3 is 5.97 Å². The molecule has 1 unspecified atom stereocenters. The lowest BCUT2D eigenvalue weighted by molar-refractivity contribution is -0.144. The summed E-state index contributed by atoms with van der Waals surface area (Å²) >= 11 is 0. The van der Waals surface area contributed by atoms with Crippen LogP contribution in [-0.2, 0) is 17.6 Å². The Hall–Kier alpha value is -2.11. The number of pyridine rings is 1. The van der Waals surface area contributed by atoms with E-state index in [0.717, 1.165) is 36.9 Å². The van der Waals surface area contributed by atoms with Crippen molar-refractivity contribution in [3.63, 3.8) is 0 Å². The van der Waals surface area contributed by atoms with E-state index in [1.807, 2.05) is 6.92 Å². The van der Waals surface area contributed by atoms with Gasteiger partial charge in [0.1, 0.15) is 11.1 Å². The molecule has 1 aromatic heterocycles. The highest BCUT2D eigenvalue weighted by Crippen LogP contribution is 2.19. The molecule has 1 aliphatic rings. The van der Waals surface area contributed by atoms with Crippen molar-refractivity contribution in [2.45, 2.75) is 57.9 Å². The van der Waals surface area contributed by atoms with Gasteiger partial charge in [0.05, 0.1) is 0 Å². The van der Waals surface area contributed by atoms with Gasteiger partial charge < -0.3 is 15.4 Å². The van der Waals surface area contributed by atoms with Crippen LogP contribution in [0.1, 0.15) is 61.1 Å². The first-order chi connectivity index (χ1) is 10.4. The van der Waals surface area contributed by atoms with Gasteiger partial charge in [-0.3, -0.25) is 9.59 Å². The Bertz CT molecular complexity index is 650. The molecular weight excluding hydrogens is 284 g/mol. The average Bonchev–Trinajstić information content (AvgIpc) is 2.46. The van der Waals surface area contributed by atoms with E-state index in [-0.39, 0.29) is 5.56 Å². The van der Waals surface area contributed by atoms with Gasteiger partial charge in [-0.1, -0.05) is 13.3 Å². The molecule has 120 valence electrons. The number of H-pyrrole nitrogens is 1. The number of aryl methyl sites for hydroxylation is 2. The lowest BCUT2D eigenvalue weighted by atomic mass is 9.93. The number of amides is 1. The van der Waals surface area contributed by atoms with Crippen LogP contribution in [0.2, 0.25) is 0 Å². The Kier molecular flexibility index (Phi) is 4.68. The Labute approximate surface area is 128 Å². The maximum absolute atomic E-state index is 12.4. The normalized spacial score (nSPS) is 16.5. The fourth-order valence-electron chi connectivity index (χ4n) is 2.88. The summed E-state index contributed by atoms with van der Waals surface area (Å²) in [5.74, 6) is -1.73. The summed E-state index contributed by atoms with van der Waals surface area (Å²) in [6, 6.07) is 1.61. The standard InChI is InChI=1S/C16H22N2O4/c1-3-8-16(2,15(21)22)18-14(20)11-9-10-6-4-5-7-12(10)17-13(11)19/h9H,3-8H2,1-2H3,(H,17,19)(H,18,20)(H,21,22). The zero-order valence-corrected chi connectivity index (χ0v) is 13.0. The lowest BCUT2D eigenvalue weighted by Crippen LogP contribution is -2.53. The van der Waals surface area contributed by atoms with Crippen LogP contribution in [0.3, 0.4) is 0 Å². The molecule has 6 heteroatoms. The minimum atomic E-state index is -1.37. The van der Waals surface area contributed by atoms with Crippen molar-refractivity contribution in [3.05, 3.63) is 33.2 Å². The molecule has 1 amide bonds. The molecule has 2 rings (SSSR count).